The third kappa shape index (κ3) is 5.53. The molecule has 2 rings (SSSR count). The third-order valence-electron chi connectivity index (χ3n) is 3.13. The molecule has 0 fully saturated rings. The van der Waals surface area contributed by atoms with E-state index in [1.165, 1.54) is 12.1 Å². The van der Waals surface area contributed by atoms with E-state index in [0.717, 1.165) is 5.56 Å². The van der Waals surface area contributed by atoms with Gasteiger partial charge in [-0.2, -0.15) is 0 Å². The van der Waals surface area contributed by atoms with Gasteiger partial charge < -0.3 is 26.8 Å². The van der Waals surface area contributed by atoms with E-state index in [-0.39, 0.29) is 25.6 Å². The number of hydrogen-bond acceptors (Lipinski definition) is 5. The van der Waals surface area contributed by atoms with Gasteiger partial charge in [-0.05, 0) is 23.8 Å². The number of carbonyl (C=O) groups is 2. The van der Waals surface area contributed by atoms with Crippen LogP contribution >= 0.6 is 0 Å². The van der Waals surface area contributed by atoms with Crippen LogP contribution in [-0.4, -0.2) is 25.1 Å². The van der Waals surface area contributed by atoms with Crippen LogP contribution in [0.15, 0.2) is 48.5 Å². The molecule has 0 heterocycles. The molecule has 0 atom stereocenters. The van der Waals surface area contributed by atoms with E-state index in [4.69, 9.17) is 16.2 Å². The lowest BCUT2D eigenvalue weighted by molar-refractivity contribution is 0.0952. The highest BCUT2D eigenvalue weighted by atomic mass is 16.5. The van der Waals surface area contributed by atoms with Crippen LogP contribution in [0, 0.1) is 0 Å². The monoisotopic (exact) mass is 328 g/mol. The zero-order valence-corrected chi connectivity index (χ0v) is 13.1. The Hall–Kier alpha value is -3.22. The summed E-state index contributed by atoms with van der Waals surface area (Å²) in [5.74, 6) is -0.312. The first kappa shape index (κ1) is 17.1. The van der Waals surface area contributed by atoms with Crippen LogP contribution < -0.4 is 22.1 Å². The predicted octanol–water partition coefficient (Wildman–Crippen LogP) is 1.51. The lowest BCUT2D eigenvalue weighted by Crippen LogP contribution is -2.35. The number of rotatable bonds is 6. The number of hydrogen-bond donors (Lipinski definition) is 4. The van der Waals surface area contributed by atoms with Crippen LogP contribution in [0.2, 0.25) is 0 Å². The molecule has 0 bridgehead atoms. The molecule has 7 nitrogen and oxygen atoms in total. The van der Waals surface area contributed by atoms with E-state index < -0.39 is 6.09 Å². The number of nitrogens with one attached hydrogen (secondary N) is 2. The van der Waals surface area contributed by atoms with Crippen molar-refractivity contribution >= 4 is 23.4 Å². The molecule has 0 unspecified atom stereocenters. The van der Waals surface area contributed by atoms with Crippen molar-refractivity contribution in [2.45, 2.75) is 6.61 Å². The highest BCUT2D eigenvalue weighted by molar-refractivity contribution is 5.96. The Morgan fingerprint density at radius 1 is 0.917 bits per heavy atom. The number of alkyl carbamates (subject to hydrolysis) is 1. The summed E-state index contributed by atoms with van der Waals surface area (Å²) in [4.78, 5) is 23.5. The Balaban J connectivity index is 1.67. The van der Waals surface area contributed by atoms with Crippen LogP contribution in [0.4, 0.5) is 16.2 Å². The summed E-state index contributed by atoms with van der Waals surface area (Å²) in [7, 11) is 0. The minimum atomic E-state index is -0.540. The summed E-state index contributed by atoms with van der Waals surface area (Å²) in [5, 5.41) is 5.22. The number of benzene rings is 2. The maximum Gasteiger partial charge on any atom is 0.407 e. The predicted molar refractivity (Wildman–Crippen MR) is 92.2 cm³/mol. The summed E-state index contributed by atoms with van der Waals surface area (Å²) in [6.07, 6.45) is -0.540. The maximum atomic E-state index is 11.9. The average Bonchev–Trinajstić information content (AvgIpc) is 2.56. The zero-order valence-electron chi connectivity index (χ0n) is 13.1. The van der Waals surface area contributed by atoms with Crippen LogP contribution in [-0.2, 0) is 11.3 Å². The van der Waals surface area contributed by atoms with E-state index in [1.54, 1.807) is 6.07 Å². The van der Waals surface area contributed by atoms with Crippen molar-refractivity contribution in [1.29, 1.82) is 0 Å². The van der Waals surface area contributed by atoms with E-state index in [1.807, 2.05) is 30.3 Å². The zero-order chi connectivity index (χ0) is 17.4. The van der Waals surface area contributed by atoms with Gasteiger partial charge >= 0.3 is 6.09 Å². The number of ether oxygens (including phenoxy) is 1. The second-order valence-corrected chi connectivity index (χ2v) is 5.13. The number of anilines is 2. The van der Waals surface area contributed by atoms with Crippen molar-refractivity contribution in [2.75, 3.05) is 24.6 Å². The maximum absolute atomic E-state index is 11.9. The van der Waals surface area contributed by atoms with E-state index >= 15 is 0 Å². The number of amides is 2. The van der Waals surface area contributed by atoms with E-state index in [9.17, 15) is 9.59 Å². The molecular weight excluding hydrogens is 308 g/mol. The first-order chi connectivity index (χ1) is 11.5. The molecule has 0 saturated heterocycles. The molecule has 24 heavy (non-hydrogen) atoms. The molecule has 7 heteroatoms. The average molecular weight is 328 g/mol. The second-order valence-electron chi connectivity index (χ2n) is 5.13. The van der Waals surface area contributed by atoms with Crippen LogP contribution in [0.5, 0.6) is 0 Å². The Kier molecular flexibility index (Phi) is 6.01. The smallest absolute Gasteiger partial charge is 0.407 e. The van der Waals surface area contributed by atoms with Gasteiger partial charge in [0, 0.05) is 30.0 Å². The van der Waals surface area contributed by atoms with Gasteiger partial charge in [-0.25, -0.2) is 4.79 Å². The van der Waals surface area contributed by atoms with Crippen molar-refractivity contribution in [1.82, 2.24) is 10.6 Å². The van der Waals surface area contributed by atoms with Crippen molar-refractivity contribution in [2.24, 2.45) is 0 Å². The molecule has 0 aliphatic carbocycles. The summed E-state index contributed by atoms with van der Waals surface area (Å²) >= 11 is 0. The highest BCUT2D eigenvalue weighted by Crippen LogP contribution is 2.13. The summed E-state index contributed by atoms with van der Waals surface area (Å²) in [6, 6.07) is 14.0. The van der Waals surface area contributed by atoms with E-state index in [2.05, 4.69) is 10.6 Å². The molecule has 0 radical (unpaired) electrons. The van der Waals surface area contributed by atoms with Gasteiger partial charge in [-0.3, -0.25) is 4.79 Å². The molecule has 0 spiro atoms. The van der Waals surface area contributed by atoms with Gasteiger partial charge in [0.05, 0.1) is 0 Å². The first-order valence-electron chi connectivity index (χ1n) is 7.43. The number of nitrogens with two attached hydrogens (primary N) is 2. The van der Waals surface area contributed by atoms with Gasteiger partial charge in [0.25, 0.3) is 5.91 Å². The fraction of sp³-hybridized carbons (Fsp3) is 0.176. The molecule has 0 aliphatic rings. The second kappa shape index (κ2) is 8.42. The van der Waals surface area contributed by atoms with Gasteiger partial charge in [0.15, 0.2) is 0 Å². The SMILES string of the molecule is Nc1cc(N)cc(C(=O)NCCNC(=O)OCc2ccccc2)c1. The fourth-order valence-electron chi connectivity index (χ4n) is 2.02. The Morgan fingerprint density at radius 3 is 2.21 bits per heavy atom. The standard InChI is InChI=1S/C17H20N4O3/c18-14-8-13(9-15(19)10-14)16(22)20-6-7-21-17(23)24-11-12-4-2-1-3-5-12/h1-5,8-10H,6-7,11,18-19H2,(H,20,22)(H,21,23). The number of carbonyl (C=O) groups excluding carboxylic acids is 2. The topological polar surface area (TPSA) is 119 Å². The lowest BCUT2D eigenvalue weighted by Gasteiger charge is -2.09. The van der Waals surface area contributed by atoms with Crippen molar-refractivity contribution < 1.29 is 14.3 Å². The number of nitrogen functional groups attached to an aromatic ring is 2. The molecular formula is C17H20N4O3. The molecule has 6 N–H and O–H groups in total. The van der Waals surface area contributed by atoms with Crippen LogP contribution in [0.25, 0.3) is 0 Å². The van der Waals surface area contributed by atoms with Gasteiger partial charge in [0.2, 0.25) is 0 Å². The minimum Gasteiger partial charge on any atom is -0.445 e. The van der Waals surface area contributed by atoms with Crippen molar-refractivity contribution in [3.63, 3.8) is 0 Å². The van der Waals surface area contributed by atoms with Crippen molar-refractivity contribution in [3.8, 4) is 0 Å². The first-order valence-corrected chi connectivity index (χ1v) is 7.43. The largest absolute Gasteiger partial charge is 0.445 e. The Morgan fingerprint density at radius 2 is 1.54 bits per heavy atom. The minimum absolute atomic E-state index is 0.196. The molecule has 2 aromatic carbocycles. The molecule has 0 aliphatic heterocycles. The van der Waals surface area contributed by atoms with Crippen LogP contribution in [0.3, 0.4) is 0 Å². The van der Waals surface area contributed by atoms with Crippen LogP contribution in [0.1, 0.15) is 15.9 Å². The lowest BCUT2D eigenvalue weighted by atomic mass is 10.1. The van der Waals surface area contributed by atoms with Gasteiger partial charge in [0.1, 0.15) is 6.61 Å². The highest BCUT2D eigenvalue weighted by Gasteiger charge is 2.07. The van der Waals surface area contributed by atoms with Gasteiger partial charge in [-0.15, -0.1) is 0 Å². The Labute approximate surface area is 140 Å². The molecule has 2 aromatic rings. The molecule has 0 saturated carbocycles. The summed E-state index contributed by atoms with van der Waals surface area (Å²) in [5.41, 5.74) is 13.4. The molecule has 0 aromatic heterocycles. The molecule has 126 valence electrons. The summed E-state index contributed by atoms with van der Waals surface area (Å²) in [6.45, 7) is 0.701. The summed E-state index contributed by atoms with van der Waals surface area (Å²) < 4.78 is 5.06. The van der Waals surface area contributed by atoms with E-state index in [0.29, 0.717) is 16.9 Å². The van der Waals surface area contributed by atoms with Gasteiger partial charge in [-0.1, -0.05) is 30.3 Å². The Bertz CT molecular complexity index is 684. The molecule has 2 amide bonds. The normalized spacial score (nSPS) is 10.0. The van der Waals surface area contributed by atoms with Crippen molar-refractivity contribution in [3.05, 3.63) is 59.7 Å². The quantitative estimate of drug-likeness (QED) is 0.473. The fourth-order valence-corrected chi connectivity index (χ4v) is 2.02. The third-order valence-corrected chi connectivity index (χ3v) is 3.13.